The summed E-state index contributed by atoms with van der Waals surface area (Å²) >= 11 is 0. The number of aryl methyl sites for hydroxylation is 1. The van der Waals surface area contributed by atoms with Crippen LogP contribution in [-0.2, 0) is 6.42 Å². The highest BCUT2D eigenvalue weighted by atomic mass is 19.2. The lowest BCUT2D eigenvalue weighted by atomic mass is 10.0. The Morgan fingerprint density at radius 2 is 1.84 bits per heavy atom. The zero-order valence-corrected chi connectivity index (χ0v) is 10.2. The number of hydrogen-bond acceptors (Lipinski definition) is 2. The molecule has 0 radical (unpaired) electrons. The summed E-state index contributed by atoms with van der Waals surface area (Å²) in [7, 11) is 0. The molecule has 100 valence electrons. The fourth-order valence-electron chi connectivity index (χ4n) is 1.73. The van der Waals surface area contributed by atoms with E-state index in [4.69, 9.17) is 0 Å². The molecular formula is C14H12F3NO. The van der Waals surface area contributed by atoms with Gasteiger partial charge in [0, 0.05) is 23.9 Å². The number of hydrogen-bond donors (Lipinski definition) is 1. The van der Waals surface area contributed by atoms with Gasteiger partial charge in [-0.15, -0.1) is 0 Å². The van der Waals surface area contributed by atoms with Gasteiger partial charge >= 0.3 is 0 Å². The predicted octanol–water partition coefficient (Wildman–Crippen LogP) is 3.08. The number of aliphatic hydroxyl groups excluding tert-OH is 1. The molecule has 1 N–H and O–H groups in total. The minimum Gasteiger partial charge on any atom is -0.388 e. The average Bonchev–Trinajstić information content (AvgIpc) is 2.39. The number of halogens is 3. The molecule has 2 rings (SSSR count). The van der Waals surface area contributed by atoms with Gasteiger partial charge in [-0.2, -0.15) is 0 Å². The third-order valence-electron chi connectivity index (χ3n) is 2.80. The van der Waals surface area contributed by atoms with Gasteiger partial charge < -0.3 is 5.11 Å². The van der Waals surface area contributed by atoms with E-state index in [0.717, 1.165) is 17.7 Å². The van der Waals surface area contributed by atoms with Crippen LogP contribution < -0.4 is 0 Å². The van der Waals surface area contributed by atoms with Crippen molar-refractivity contribution >= 4 is 0 Å². The molecule has 0 spiro atoms. The van der Waals surface area contributed by atoms with Crippen LogP contribution in [-0.4, -0.2) is 10.1 Å². The summed E-state index contributed by atoms with van der Waals surface area (Å²) in [6, 6.07) is 5.32. The normalized spacial score (nSPS) is 12.5. The van der Waals surface area contributed by atoms with Crippen LogP contribution in [0.25, 0.3) is 0 Å². The fraction of sp³-hybridized carbons (Fsp3) is 0.214. The molecule has 0 bridgehead atoms. The quantitative estimate of drug-likeness (QED) is 0.867. The highest BCUT2D eigenvalue weighted by Gasteiger charge is 2.19. The van der Waals surface area contributed by atoms with Crippen molar-refractivity contribution in [3.8, 4) is 0 Å². The van der Waals surface area contributed by atoms with Gasteiger partial charge in [0.15, 0.2) is 17.5 Å². The van der Waals surface area contributed by atoms with Crippen LogP contribution in [0.5, 0.6) is 0 Å². The molecule has 2 aromatic rings. The Morgan fingerprint density at radius 3 is 2.47 bits per heavy atom. The molecule has 1 heterocycles. The summed E-state index contributed by atoms with van der Waals surface area (Å²) in [4.78, 5) is 4.06. The number of aliphatic hydroxyl groups is 1. The molecule has 19 heavy (non-hydrogen) atoms. The van der Waals surface area contributed by atoms with E-state index >= 15 is 0 Å². The van der Waals surface area contributed by atoms with Crippen LogP contribution in [0.4, 0.5) is 13.2 Å². The number of pyridine rings is 1. The van der Waals surface area contributed by atoms with Gasteiger partial charge in [-0.05, 0) is 24.6 Å². The van der Waals surface area contributed by atoms with E-state index in [2.05, 4.69) is 4.98 Å². The summed E-state index contributed by atoms with van der Waals surface area (Å²) in [5.74, 6) is -4.21. The number of benzene rings is 1. The van der Waals surface area contributed by atoms with Gasteiger partial charge in [-0.3, -0.25) is 4.98 Å². The minimum absolute atomic E-state index is 0.0300. The van der Waals surface area contributed by atoms with E-state index in [-0.39, 0.29) is 12.0 Å². The molecule has 0 amide bonds. The molecule has 1 unspecified atom stereocenters. The van der Waals surface area contributed by atoms with Crippen molar-refractivity contribution in [2.45, 2.75) is 19.4 Å². The minimum atomic E-state index is -1.58. The Bertz CT molecular complexity index is 584. The molecule has 0 saturated heterocycles. The summed E-state index contributed by atoms with van der Waals surface area (Å²) in [6.45, 7) is 1.86. The fourth-order valence-corrected chi connectivity index (χ4v) is 1.73. The van der Waals surface area contributed by atoms with Crippen molar-refractivity contribution in [1.29, 1.82) is 0 Å². The SMILES string of the molecule is Cc1ccc(CC(O)c2ccc(F)c(F)c2F)nc1. The van der Waals surface area contributed by atoms with Crippen molar-refractivity contribution in [3.05, 3.63) is 64.7 Å². The van der Waals surface area contributed by atoms with Crippen LogP contribution in [0.2, 0.25) is 0 Å². The zero-order chi connectivity index (χ0) is 14.0. The Kier molecular flexibility index (Phi) is 3.85. The monoisotopic (exact) mass is 267 g/mol. The van der Waals surface area contributed by atoms with Crippen molar-refractivity contribution in [1.82, 2.24) is 4.98 Å². The van der Waals surface area contributed by atoms with Crippen molar-refractivity contribution < 1.29 is 18.3 Å². The standard InChI is InChI=1S/C14H12F3NO/c1-8-2-3-9(18-7-8)6-12(19)10-4-5-11(15)14(17)13(10)16/h2-5,7,12,19H,6H2,1H3. The lowest BCUT2D eigenvalue weighted by Crippen LogP contribution is -2.08. The molecule has 2 nitrogen and oxygen atoms in total. The molecule has 0 aliphatic heterocycles. The van der Waals surface area contributed by atoms with Gasteiger partial charge in [-0.1, -0.05) is 12.1 Å². The summed E-state index contributed by atoms with van der Waals surface area (Å²) in [5, 5.41) is 9.87. The second kappa shape index (κ2) is 5.40. The first-order valence-corrected chi connectivity index (χ1v) is 5.72. The third-order valence-corrected chi connectivity index (χ3v) is 2.80. The van der Waals surface area contributed by atoms with Crippen LogP contribution in [0.3, 0.4) is 0 Å². The van der Waals surface area contributed by atoms with Crippen molar-refractivity contribution in [3.63, 3.8) is 0 Å². The molecule has 0 fully saturated rings. The molecule has 1 aromatic heterocycles. The maximum absolute atomic E-state index is 13.5. The van der Waals surface area contributed by atoms with Gasteiger partial charge in [0.05, 0.1) is 6.10 Å². The molecule has 0 aliphatic rings. The van der Waals surface area contributed by atoms with Crippen LogP contribution in [0.15, 0.2) is 30.5 Å². The predicted molar refractivity (Wildman–Crippen MR) is 64.0 cm³/mol. The Labute approximate surface area is 108 Å². The zero-order valence-electron chi connectivity index (χ0n) is 10.2. The first kappa shape index (κ1) is 13.5. The van der Waals surface area contributed by atoms with E-state index in [1.807, 2.05) is 6.92 Å². The number of aromatic nitrogens is 1. The van der Waals surface area contributed by atoms with Gasteiger partial charge in [-0.25, -0.2) is 13.2 Å². The van der Waals surface area contributed by atoms with Crippen molar-refractivity contribution in [2.75, 3.05) is 0 Å². The molecule has 0 aliphatic carbocycles. The third kappa shape index (κ3) is 2.93. The summed E-state index contributed by atoms with van der Waals surface area (Å²) in [6.07, 6.45) is 0.372. The van der Waals surface area contributed by atoms with Crippen molar-refractivity contribution in [2.24, 2.45) is 0 Å². The first-order valence-electron chi connectivity index (χ1n) is 5.72. The van der Waals surface area contributed by atoms with Gasteiger partial charge in [0.2, 0.25) is 0 Å². The Balaban J connectivity index is 2.23. The second-order valence-electron chi connectivity index (χ2n) is 4.31. The highest BCUT2D eigenvalue weighted by Crippen LogP contribution is 2.23. The van der Waals surface area contributed by atoms with E-state index in [1.54, 1.807) is 18.3 Å². The average molecular weight is 267 g/mol. The lowest BCUT2D eigenvalue weighted by Gasteiger charge is -2.12. The maximum Gasteiger partial charge on any atom is 0.194 e. The van der Waals surface area contributed by atoms with E-state index in [0.29, 0.717) is 5.69 Å². The molecule has 1 aromatic carbocycles. The Morgan fingerprint density at radius 1 is 1.11 bits per heavy atom. The van der Waals surface area contributed by atoms with E-state index in [1.165, 1.54) is 0 Å². The molecular weight excluding hydrogens is 255 g/mol. The smallest absolute Gasteiger partial charge is 0.194 e. The van der Waals surface area contributed by atoms with Crippen LogP contribution in [0, 0.1) is 24.4 Å². The number of rotatable bonds is 3. The van der Waals surface area contributed by atoms with Gasteiger partial charge in [0.25, 0.3) is 0 Å². The topological polar surface area (TPSA) is 33.1 Å². The Hall–Kier alpha value is -1.88. The van der Waals surface area contributed by atoms with E-state index in [9.17, 15) is 18.3 Å². The number of nitrogens with zero attached hydrogens (tertiary/aromatic N) is 1. The van der Waals surface area contributed by atoms with Crippen LogP contribution >= 0.6 is 0 Å². The largest absolute Gasteiger partial charge is 0.388 e. The highest BCUT2D eigenvalue weighted by molar-refractivity contribution is 5.24. The van der Waals surface area contributed by atoms with Gasteiger partial charge in [0.1, 0.15) is 0 Å². The summed E-state index contributed by atoms with van der Waals surface area (Å²) in [5.41, 5.74) is 1.22. The molecule has 0 saturated carbocycles. The van der Waals surface area contributed by atoms with Crippen LogP contribution in [0.1, 0.15) is 22.9 Å². The molecule has 1 atom stereocenters. The second-order valence-corrected chi connectivity index (χ2v) is 4.31. The molecule has 5 heteroatoms. The first-order chi connectivity index (χ1) is 8.99. The maximum atomic E-state index is 13.5. The van der Waals surface area contributed by atoms with E-state index < -0.39 is 23.6 Å². The summed E-state index contributed by atoms with van der Waals surface area (Å²) < 4.78 is 39.3. The lowest BCUT2D eigenvalue weighted by molar-refractivity contribution is 0.170.